The van der Waals surface area contributed by atoms with Crippen LogP contribution in [-0.2, 0) is 146 Å². The zero-order valence-corrected chi connectivity index (χ0v) is 29.5. The molecule has 0 N–H and O–H groups in total. The maximum absolute atomic E-state index is 7.50. The van der Waals surface area contributed by atoms with E-state index in [0.29, 0.717) is 32.8 Å². The van der Waals surface area contributed by atoms with E-state index in [-0.39, 0.29) is 67.1 Å². The Balaban J connectivity index is -0.0000000305. The van der Waals surface area contributed by atoms with Crippen LogP contribution < -0.4 is 0 Å². The fourth-order valence-corrected chi connectivity index (χ4v) is 1.86. The zero-order valence-electron chi connectivity index (χ0n) is 25.4. The van der Waals surface area contributed by atoms with Gasteiger partial charge in [-0.05, 0) is 11.1 Å². The number of benzene rings is 2. The van der Waals surface area contributed by atoms with Gasteiger partial charge in [-0.25, -0.2) is 0 Å². The molecule has 14 nitrogen and oxygen atoms in total. The van der Waals surface area contributed by atoms with E-state index < -0.39 is 0 Å². The van der Waals surface area contributed by atoms with Crippen molar-refractivity contribution >= 4 is 0 Å². The summed E-state index contributed by atoms with van der Waals surface area (Å²) < 4.78 is 101. The summed E-state index contributed by atoms with van der Waals surface area (Å²) in [6, 6.07) is 20.1. The largest absolute Gasteiger partial charge is 0 e. The van der Waals surface area contributed by atoms with E-state index in [0.717, 1.165) is 11.1 Å². The van der Waals surface area contributed by atoms with E-state index in [9.17, 15) is 0 Å². The average molecular weight is 876 g/mol. The molecule has 0 saturated heterocycles. The van der Waals surface area contributed by atoms with Gasteiger partial charge in [-0.1, -0.05) is 84.3 Å². The molecule has 2 aromatic rings. The summed E-state index contributed by atoms with van der Waals surface area (Å²) in [5.74, 6) is 11.9. The van der Waals surface area contributed by atoms with Gasteiger partial charge < -0.3 is 9.47 Å². The van der Waals surface area contributed by atoms with Gasteiger partial charge in [0.05, 0.1) is 19.6 Å². The maximum Gasteiger partial charge on any atom is 0 e. The number of rotatable bonds is 6. The first-order valence-corrected chi connectivity index (χ1v) is 10.0. The molecule has 0 atom stereocenters. The Hall–Kier alpha value is -3.61. The normalized spacial score (nSPS) is 4.71. The maximum atomic E-state index is 7.50. The quantitative estimate of drug-likeness (QED) is 0.183. The number of ether oxygens (including phenoxy) is 2. The molecule has 18 heteroatoms. The van der Waals surface area contributed by atoms with E-state index in [4.69, 9.17) is 65.3 Å². The number of hydrogen-bond acceptors (Lipinski definition) is 2. The van der Waals surface area contributed by atoms with Crippen LogP contribution in [0.15, 0.2) is 60.7 Å². The molecule has 0 aliphatic carbocycles. The first-order chi connectivity index (χ1) is 23.4. The molecule has 0 aliphatic rings. The van der Waals surface area contributed by atoms with E-state index >= 15 is 0 Å². The molecular formula is C33H20Co4O14. The molecule has 2 aromatic carbocycles. The fraction of sp³-hybridized carbons (Fsp3) is 0.152. The van der Waals surface area contributed by atoms with Crippen LogP contribution in [0, 0.1) is 103 Å². The molecule has 51 heavy (non-hydrogen) atoms. The molecule has 2 rings (SSSR count). The minimum atomic E-state index is 0. The van der Waals surface area contributed by atoms with Crippen molar-refractivity contribution in [3.63, 3.8) is 0 Å². The first kappa shape index (κ1) is 97.2. The Kier molecular flexibility index (Phi) is 333. The van der Waals surface area contributed by atoms with Crippen LogP contribution in [-0.4, -0.2) is 13.2 Å². The van der Waals surface area contributed by atoms with Gasteiger partial charge in [-0.2, -0.15) is 0 Å². The smallest absolute Gasteiger partial charge is 0 e. The van der Waals surface area contributed by atoms with Crippen LogP contribution in [0.2, 0.25) is 0 Å². The van der Waals surface area contributed by atoms with Crippen LogP contribution >= 0.6 is 0 Å². The zero-order chi connectivity index (χ0) is 40.0. The van der Waals surface area contributed by atoms with E-state index in [1.807, 2.05) is 60.7 Å². The second kappa shape index (κ2) is 175. The molecule has 4 radical (unpaired) electrons. The third-order valence-electron chi connectivity index (χ3n) is 3.00. The second-order valence-corrected chi connectivity index (χ2v) is 4.84. The molecule has 0 heterocycles. The third-order valence-corrected chi connectivity index (χ3v) is 3.00. The van der Waals surface area contributed by atoms with Crippen molar-refractivity contribution in [1.29, 1.82) is 0 Å². The van der Waals surface area contributed by atoms with E-state index in [1.165, 1.54) is 0 Å². The Labute approximate surface area is 338 Å². The van der Waals surface area contributed by atoms with Crippen molar-refractivity contribution in [3.05, 3.63) is 152 Å². The first-order valence-electron chi connectivity index (χ1n) is 10.0. The molecule has 0 saturated carbocycles. The SMILES string of the molecule is C(#CCOCc1ccccc1)CC#CCOCc1ccccc1.[C-]#[O+].[C-]#[O+].[C-]#[O+].[C-]#[O+].[C-]#[O+].[C-]#[O+].[C-]#[O+].[C-]#[O+].[C-]#[O+].[C-]#[O+].[C-]#[O+].[C-]#[O+].[Co].[Co].[Co].[Co]. The summed E-state index contributed by atoms with van der Waals surface area (Å²) in [5.41, 5.74) is 2.31. The van der Waals surface area contributed by atoms with Crippen LogP contribution in [0.1, 0.15) is 17.5 Å². The molecule has 0 unspecified atom stereocenters. The Morgan fingerprint density at radius 3 is 0.725 bits per heavy atom. The third kappa shape index (κ3) is 131. The molecule has 0 bridgehead atoms. The van der Waals surface area contributed by atoms with Crippen LogP contribution in [0.4, 0.5) is 0 Å². The predicted molar refractivity (Wildman–Crippen MR) is 140 cm³/mol. The van der Waals surface area contributed by atoms with Crippen molar-refractivity contribution in [2.45, 2.75) is 19.6 Å². The molecule has 0 amide bonds. The van der Waals surface area contributed by atoms with Crippen molar-refractivity contribution < 1.29 is 132 Å². The Morgan fingerprint density at radius 1 is 0.333 bits per heavy atom. The Bertz CT molecular complexity index is 1030. The van der Waals surface area contributed by atoms with Gasteiger partial charge in [0.25, 0.3) is 0 Å². The second-order valence-electron chi connectivity index (χ2n) is 4.84. The minimum Gasteiger partial charge on any atom is 0 e. The summed E-state index contributed by atoms with van der Waals surface area (Å²) in [4.78, 5) is 0. The van der Waals surface area contributed by atoms with Crippen molar-refractivity contribution in [2.75, 3.05) is 13.2 Å². The van der Waals surface area contributed by atoms with Gasteiger partial charge in [0.1, 0.15) is 13.2 Å². The molecule has 0 spiro atoms. The van der Waals surface area contributed by atoms with Gasteiger partial charge >= 0.3 is 136 Å². The fourth-order valence-electron chi connectivity index (χ4n) is 1.86. The minimum absolute atomic E-state index is 0. The molecule has 272 valence electrons. The summed E-state index contributed by atoms with van der Waals surface area (Å²) >= 11 is 0. The van der Waals surface area contributed by atoms with Gasteiger partial charge in [0.15, 0.2) is 0 Å². The van der Waals surface area contributed by atoms with Gasteiger partial charge in [-0.15, -0.1) is 0 Å². The topological polar surface area (TPSA) is 257 Å². The van der Waals surface area contributed by atoms with Crippen molar-refractivity contribution in [3.8, 4) is 23.7 Å². The molecular weight excluding hydrogens is 856 g/mol. The van der Waals surface area contributed by atoms with Crippen molar-refractivity contribution in [2.24, 2.45) is 0 Å². The standard InChI is InChI=1S/C21H20O2.12CO.4Co/c1(2-10-16-22-18-20-12-6-4-7-13-20)3-11-17-23-19-21-14-8-5-9-15-21;12*1-2;;;;/h4-9,12-15H,1,16-19H2;;;;;;;;;;;;;;;;. The number of hydrogen-bond donors (Lipinski definition) is 0. The molecule has 0 aromatic heterocycles. The Morgan fingerprint density at radius 2 is 0.529 bits per heavy atom. The summed E-state index contributed by atoms with van der Waals surface area (Å²) in [6.07, 6.45) is 0.545. The van der Waals surface area contributed by atoms with Crippen molar-refractivity contribution in [1.82, 2.24) is 0 Å². The van der Waals surface area contributed by atoms with Crippen LogP contribution in [0.25, 0.3) is 0 Å². The van der Waals surface area contributed by atoms with Crippen LogP contribution in [0.3, 0.4) is 0 Å². The van der Waals surface area contributed by atoms with E-state index in [1.54, 1.807) is 0 Å². The summed E-state index contributed by atoms with van der Waals surface area (Å²) in [6.45, 7) is 56.0. The molecule has 0 fully saturated rings. The van der Waals surface area contributed by atoms with E-state index in [2.05, 4.69) is 103 Å². The summed E-state index contributed by atoms with van der Waals surface area (Å²) in [7, 11) is 0. The van der Waals surface area contributed by atoms with Crippen LogP contribution in [0.5, 0.6) is 0 Å². The van der Waals surface area contributed by atoms with Gasteiger partial charge in [-0.3, -0.25) is 0 Å². The monoisotopic (exact) mass is 876 g/mol. The molecule has 0 aliphatic heterocycles. The average Bonchev–Trinajstić information content (AvgIpc) is 3.24. The van der Waals surface area contributed by atoms with Gasteiger partial charge in [0, 0.05) is 67.1 Å². The van der Waals surface area contributed by atoms with Gasteiger partial charge in [0.2, 0.25) is 0 Å². The summed E-state index contributed by atoms with van der Waals surface area (Å²) in [5, 5.41) is 0. The predicted octanol–water partition coefficient (Wildman–Crippen LogP) is 3.36.